The first-order valence-corrected chi connectivity index (χ1v) is 10.5. The van der Waals surface area contributed by atoms with Crippen LogP contribution in [0.5, 0.6) is 5.75 Å². The van der Waals surface area contributed by atoms with Gasteiger partial charge in [-0.25, -0.2) is 9.50 Å². The Balaban J connectivity index is 1.53. The van der Waals surface area contributed by atoms with Gasteiger partial charge >= 0.3 is 0 Å². The van der Waals surface area contributed by atoms with Crippen molar-refractivity contribution in [2.24, 2.45) is 5.73 Å². The first-order chi connectivity index (χ1) is 15.0. The number of amides is 2. The smallest absolute Gasteiger partial charge is 0.271 e. The normalized spacial score (nSPS) is 18.5. The quantitative estimate of drug-likeness (QED) is 0.560. The summed E-state index contributed by atoms with van der Waals surface area (Å²) in [6.07, 6.45) is 6.60. The Hall–Kier alpha value is -3.46. The molecular weight excluding hydrogens is 396 g/mol. The highest BCUT2D eigenvalue weighted by Crippen LogP contribution is 2.19. The Morgan fingerprint density at radius 1 is 1.16 bits per heavy atom. The standard InChI is InChI=1S/C22H26N6O3/c1-2-31-17-9-7-16(8-10-17)25-21(29)18-13-19(27-28-12-11-24-20(18)28)22(30)26-15-5-3-14(23)4-6-15/h7-15H,2-6,23H2,1H3,(H,25,29)(H,26,30). The zero-order valence-corrected chi connectivity index (χ0v) is 17.4. The van der Waals surface area contributed by atoms with E-state index in [4.69, 9.17) is 10.5 Å². The van der Waals surface area contributed by atoms with Crippen LogP contribution in [0.2, 0.25) is 0 Å². The maximum Gasteiger partial charge on any atom is 0.271 e. The molecule has 4 N–H and O–H groups in total. The van der Waals surface area contributed by atoms with Crippen molar-refractivity contribution < 1.29 is 14.3 Å². The predicted molar refractivity (Wildman–Crippen MR) is 116 cm³/mol. The number of nitrogens with one attached hydrogen (secondary N) is 2. The van der Waals surface area contributed by atoms with Crippen LogP contribution in [0.1, 0.15) is 53.5 Å². The van der Waals surface area contributed by atoms with E-state index in [9.17, 15) is 9.59 Å². The molecule has 1 fully saturated rings. The van der Waals surface area contributed by atoms with Crippen molar-refractivity contribution in [3.05, 3.63) is 54.0 Å². The summed E-state index contributed by atoms with van der Waals surface area (Å²) in [5, 5.41) is 10.2. The second kappa shape index (κ2) is 9.13. The molecule has 3 aromatic rings. The van der Waals surface area contributed by atoms with Gasteiger partial charge in [-0.1, -0.05) is 0 Å². The minimum atomic E-state index is -0.375. The van der Waals surface area contributed by atoms with Crippen LogP contribution in [0.15, 0.2) is 42.7 Å². The van der Waals surface area contributed by atoms with Gasteiger partial charge in [0.2, 0.25) is 0 Å². The highest BCUT2D eigenvalue weighted by atomic mass is 16.5. The van der Waals surface area contributed by atoms with Gasteiger partial charge in [0.25, 0.3) is 11.8 Å². The number of anilines is 1. The first kappa shape index (κ1) is 20.8. The average Bonchev–Trinajstić information content (AvgIpc) is 3.25. The van der Waals surface area contributed by atoms with E-state index in [-0.39, 0.29) is 35.2 Å². The van der Waals surface area contributed by atoms with E-state index in [0.29, 0.717) is 17.9 Å². The number of rotatable bonds is 6. The lowest BCUT2D eigenvalue weighted by Crippen LogP contribution is -2.41. The van der Waals surface area contributed by atoms with Crippen LogP contribution >= 0.6 is 0 Å². The number of nitrogens with zero attached hydrogens (tertiary/aromatic N) is 3. The molecule has 2 heterocycles. The van der Waals surface area contributed by atoms with Gasteiger partial charge in [-0.2, -0.15) is 5.10 Å². The van der Waals surface area contributed by atoms with Gasteiger partial charge in [-0.3, -0.25) is 9.59 Å². The average molecular weight is 422 g/mol. The van der Waals surface area contributed by atoms with Gasteiger partial charge in [-0.15, -0.1) is 0 Å². The fraction of sp³-hybridized carbons (Fsp3) is 0.364. The van der Waals surface area contributed by atoms with Crippen molar-refractivity contribution in [2.75, 3.05) is 11.9 Å². The second-order valence-corrected chi connectivity index (χ2v) is 7.64. The molecule has 2 aromatic heterocycles. The topological polar surface area (TPSA) is 124 Å². The lowest BCUT2D eigenvalue weighted by molar-refractivity contribution is 0.0919. The molecule has 0 saturated heterocycles. The molecule has 0 radical (unpaired) electrons. The summed E-state index contributed by atoms with van der Waals surface area (Å²) in [6, 6.07) is 8.83. The van der Waals surface area contributed by atoms with Crippen LogP contribution in [-0.2, 0) is 0 Å². The van der Waals surface area contributed by atoms with Gasteiger partial charge in [0, 0.05) is 30.2 Å². The van der Waals surface area contributed by atoms with E-state index in [1.165, 1.54) is 10.6 Å². The molecule has 9 heteroatoms. The van der Waals surface area contributed by atoms with Crippen LogP contribution in [0.25, 0.3) is 5.65 Å². The summed E-state index contributed by atoms with van der Waals surface area (Å²) in [6.45, 7) is 2.48. The molecule has 0 spiro atoms. The van der Waals surface area contributed by atoms with Crippen LogP contribution < -0.4 is 21.1 Å². The molecule has 9 nitrogen and oxygen atoms in total. The van der Waals surface area contributed by atoms with E-state index in [1.54, 1.807) is 36.7 Å². The third-order valence-electron chi connectivity index (χ3n) is 5.37. The monoisotopic (exact) mass is 422 g/mol. The summed E-state index contributed by atoms with van der Waals surface area (Å²) in [4.78, 5) is 30.0. The summed E-state index contributed by atoms with van der Waals surface area (Å²) in [5.41, 5.74) is 7.36. The molecule has 0 aliphatic heterocycles. The van der Waals surface area contributed by atoms with E-state index < -0.39 is 0 Å². The molecular formula is C22H26N6O3. The largest absolute Gasteiger partial charge is 0.494 e. The van der Waals surface area contributed by atoms with Gasteiger partial charge < -0.3 is 21.1 Å². The molecule has 31 heavy (non-hydrogen) atoms. The van der Waals surface area contributed by atoms with Crippen molar-refractivity contribution in [3.8, 4) is 5.75 Å². The number of nitrogens with two attached hydrogens (primary N) is 1. The highest BCUT2D eigenvalue weighted by molar-refractivity contribution is 6.09. The van der Waals surface area contributed by atoms with Crippen LogP contribution in [-0.4, -0.2) is 45.1 Å². The molecule has 1 aliphatic rings. The number of benzene rings is 1. The molecule has 162 valence electrons. The molecule has 1 aliphatic carbocycles. The molecule has 2 amide bonds. The van der Waals surface area contributed by atoms with Gasteiger partial charge in [-0.05, 0) is 62.9 Å². The minimum Gasteiger partial charge on any atom is -0.494 e. The van der Waals surface area contributed by atoms with Crippen LogP contribution in [0, 0.1) is 0 Å². The molecule has 1 saturated carbocycles. The van der Waals surface area contributed by atoms with Crippen LogP contribution in [0.4, 0.5) is 5.69 Å². The second-order valence-electron chi connectivity index (χ2n) is 7.64. The Morgan fingerprint density at radius 3 is 2.61 bits per heavy atom. The Morgan fingerprint density at radius 2 is 1.90 bits per heavy atom. The number of hydrogen-bond acceptors (Lipinski definition) is 6. The molecule has 4 rings (SSSR count). The maximum absolute atomic E-state index is 13.0. The summed E-state index contributed by atoms with van der Waals surface area (Å²) in [7, 11) is 0. The number of ether oxygens (including phenoxy) is 1. The van der Waals surface area contributed by atoms with Gasteiger partial charge in [0.15, 0.2) is 5.65 Å². The number of hydrogen-bond donors (Lipinski definition) is 3. The zero-order chi connectivity index (χ0) is 21.8. The van der Waals surface area contributed by atoms with Crippen molar-refractivity contribution in [1.29, 1.82) is 0 Å². The van der Waals surface area contributed by atoms with E-state index >= 15 is 0 Å². The number of aromatic nitrogens is 3. The minimum absolute atomic E-state index is 0.0636. The zero-order valence-electron chi connectivity index (χ0n) is 17.4. The Bertz CT molecular complexity index is 1070. The van der Waals surface area contributed by atoms with Crippen molar-refractivity contribution in [2.45, 2.75) is 44.7 Å². The van der Waals surface area contributed by atoms with Gasteiger partial charge in [0.1, 0.15) is 11.4 Å². The predicted octanol–water partition coefficient (Wildman–Crippen LogP) is 2.38. The van der Waals surface area contributed by atoms with E-state index in [1.807, 2.05) is 6.92 Å². The Labute approximate surface area is 180 Å². The number of imidazole rings is 1. The molecule has 0 unspecified atom stereocenters. The lowest BCUT2D eigenvalue weighted by atomic mass is 9.92. The van der Waals surface area contributed by atoms with E-state index in [0.717, 1.165) is 31.4 Å². The summed E-state index contributed by atoms with van der Waals surface area (Å²) in [5.74, 6) is 0.0364. The number of carbonyl (C=O) groups excluding carboxylic acids is 2. The molecule has 1 aromatic carbocycles. The van der Waals surface area contributed by atoms with E-state index in [2.05, 4.69) is 20.7 Å². The molecule has 0 atom stereocenters. The summed E-state index contributed by atoms with van der Waals surface area (Å²) < 4.78 is 6.87. The fourth-order valence-corrected chi connectivity index (χ4v) is 3.72. The lowest BCUT2D eigenvalue weighted by Gasteiger charge is -2.26. The third kappa shape index (κ3) is 4.83. The number of fused-ring (bicyclic) bond motifs is 1. The Kier molecular flexibility index (Phi) is 6.13. The first-order valence-electron chi connectivity index (χ1n) is 10.5. The molecule has 0 bridgehead atoms. The van der Waals surface area contributed by atoms with Crippen molar-refractivity contribution in [1.82, 2.24) is 19.9 Å². The van der Waals surface area contributed by atoms with Crippen LogP contribution in [0.3, 0.4) is 0 Å². The maximum atomic E-state index is 13.0. The van der Waals surface area contributed by atoms with Crippen molar-refractivity contribution >= 4 is 23.1 Å². The SMILES string of the molecule is CCOc1ccc(NC(=O)c2cc(C(=O)NC3CCC(N)CC3)nn3ccnc23)cc1. The van der Waals surface area contributed by atoms with Crippen molar-refractivity contribution in [3.63, 3.8) is 0 Å². The highest BCUT2D eigenvalue weighted by Gasteiger charge is 2.23. The van der Waals surface area contributed by atoms with Gasteiger partial charge in [0.05, 0.1) is 12.2 Å². The fourth-order valence-electron chi connectivity index (χ4n) is 3.72. The third-order valence-corrected chi connectivity index (χ3v) is 5.37. The summed E-state index contributed by atoms with van der Waals surface area (Å²) >= 11 is 0. The number of carbonyl (C=O) groups is 2.